The number of nitrogens with one attached hydrogen (secondary N) is 1. The first kappa shape index (κ1) is 18.8. The van der Waals surface area contributed by atoms with Crippen molar-refractivity contribution in [2.45, 2.75) is 6.61 Å². The van der Waals surface area contributed by atoms with Gasteiger partial charge in [0.1, 0.15) is 17.9 Å². The van der Waals surface area contributed by atoms with Gasteiger partial charge in [-0.25, -0.2) is 5.43 Å². The molecule has 0 atom stereocenters. The fourth-order valence-corrected chi connectivity index (χ4v) is 2.98. The van der Waals surface area contributed by atoms with Gasteiger partial charge in [-0.3, -0.25) is 4.79 Å². The van der Waals surface area contributed by atoms with E-state index < -0.39 is 5.91 Å². The number of ether oxygens (including phenoxy) is 1. The average Bonchev–Trinajstić information content (AvgIpc) is 3.17. The number of hydrogen-bond acceptors (Lipinski definition) is 4. The largest absolute Gasteiger partial charge is 0.488 e. The molecule has 0 aliphatic rings. The smallest absolute Gasteiger partial charge is 0.307 e. The second kappa shape index (κ2) is 8.63. The van der Waals surface area contributed by atoms with E-state index in [9.17, 15) is 4.79 Å². The summed E-state index contributed by atoms with van der Waals surface area (Å²) in [5.74, 6) is 0.386. The zero-order valence-corrected chi connectivity index (χ0v) is 16.1. The Hall–Kier alpha value is -3.57. The molecule has 5 nitrogen and oxygen atoms in total. The summed E-state index contributed by atoms with van der Waals surface area (Å²) in [7, 11) is 0. The maximum absolute atomic E-state index is 12.3. The molecule has 0 unspecified atom stereocenters. The quantitative estimate of drug-likeness (QED) is 0.344. The number of hydrogen-bond donors (Lipinski definition) is 1. The van der Waals surface area contributed by atoms with Crippen LogP contribution in [0.4, 0.5) is 0 Å². The highest BCUT2D eigenvalue weighted by atomic mass is 35.5. The minimum atomic E-state index is -0.448. The second-order valence-corrected chi connectivity index (χ2v) is 6.74. The molecule has 4 aromatic rings. The average molecular weight is 405 g/mol. The molecule has 0 spiro atoms. The van der Waals surface area contributed by atoms with Crippen LogP contribution in [-0.2, 0) is 6.61 Å². The minimum absolute atomic E-state index is 0.160. The summed E-state index contributed by atoms with van der Waals surface area (Å²) in [5, 5.41) is 5.37. The van der Waals surface area contributed by atoms with Crippen LogP contribution < -0.4 is 10.2 Å². The van der Waals surface area contributed by atoms with Gasteiger partial charge in [0, 0.05) is 16.0 Å². The number of rotatable bonds is 6. The first-order valence-electron chi connectivity index (χ1n) is 8.97. The topological polar surface area (TPSA) is 63.8 Å². The Bertz CT molecular complexity index is 1170. The van der Waals surface area contributed by atoms with Crippen LogP contribution in [-0.4, -0.2) is 12.1 Å². The summed E-state index contributed by atoms with van der Waals surface area (Å²) in [6.07, 6.45) is 1.54. The number of benzene rings is 3. The molecule has 1 amide bonds. The standard InChI is InChI=1S/C23H17ClN2O3/c24-19-10-11-21-18(12-19)13-22(29-21)23(27)26-25-14-17-8-4-5-9-20(17)28-15-16-6-2-1-3-7-16/h1-14H,15H2,(H,26,27)/b25-14+. The van der Waals surface area contributed by atoms with E-state index in [0.29, 0.717) is 23.0 Å². The molecule has 1 heterocycles. The zero-order chi connectivity index (χ0) is 20.1. The first-order valence-corrected chi connectivity index (χ1v) is 9.35. The Kier molecular flexibility index (Phi) is 5.59. The van der Waals surface area contributed by atoms with Crippen LogP contribution in [0.1, 0.15) is 21.7 Å². The molecule has 0 fully saturated rings. The number of carbonyl (C=O) groups excluding carboxylic acids is 1. The monoisotopic (exact) mass is 404 g/mol. The number of nitrogens with zero attached hydrogens (tertiary/aromatic N) is 1. The second-order valence-electron chi connectivity index (χ2n) is 6.30. The SMILES string of the molecule is O=C(N/N=C/c1ccccc1OCc1ccccc1)c1cc2cc(Cl)ccc2o1. The van der Waals surface area contributed by atoms with Crippen LogP contribution >= 0.6 is 11.6 Å². The van der Waals surface area contributed by atoms with Gasteiger partial charge in [0.2, 0.25) is 0 Å². The molecule has 0 radical (unpaired) electrons. The van der Waals surface area contributed by atoms with E-state index in [1.165, 1.54) is 6.21 Å². The van der Waals surface area contributed by atoms with Gasteiger partial charge in [-0.2, -0.15) is 5.10 Å². The Balaban J connectivity index is 1.42. The molecule has 0 bridgehead atoms. The van der Waals surface area contributed by atoms with Crippen molar-refractivity contribution in [3.05, 3.63) is 101 Å². The maximum atomic E-state index is 12.3. The van der Waals surface area contributed by atoms with Crippen LogP contribution in [0.15, 0.2) is 88.4 Å². The van der Waals surface area contributed by atoms with Crippen molar-refractivity contribution in [1.82, 2.24) is 5.43 Å². The lowest BCUT2D eigenvalue weighted by molar-refractivity contribution is 0.0929. The van der Waals surface area contributed by atoms with Gasteiger partial charge in [0.25, 0.3) is 0 Å². The van der Waals surface area contributed by atoms with Crippen LogP contribution in [0.5, 0.6) is 5.75 Å². The lowest BCUT2D eigenvalue weighted by Gasteiger charge is -2.08. The first-order chi connectivity index (χ1) is 14.2. The Morgan fingerprint density at radius 1 is 1.03 bits per heavy atom. The summed E-state index contributed by atoms with van der Waals surface area (Å²) in [6, 6.07) is 24.2. The Morgan fingerprint density at radius 2 is 1.83 bits per heavy atom. The number of amides is 1. The van der Waals surface area contributed by atoms with Crippen LogP contribution in [0.2, 0.25) is 5.02 Å². The highest BCUT2D eigenvalue weighted by Gasteiger charge is 2.12. The highest BCUT2D eigenvalue weighted by Crippen LogP contribution is 2.23. The molecule has 3 aromatic carbocycles. The summed E-state index contributed by atoms with van der Waals surface area (Å²) < 4.78 is 11.4. The molecular weight excluding hydrogens is 388 g/mol. The molecule has 0 saturated carbocycles. The van der Waals surface area contributed by atoms with Crippen LogP contribution in [0.3, 0.4) is 0 Å². The number of para-hydroxylation sites is 1. The molecule has 4 rings (SSSR count). The molecule has 0 saturated heterocycles. The lowest BCUT2D eigenvalue weighted by atomic mass is 10.2. The number of fused-ring (bicyclic) bond motifs is 1. The van der Waals surface area contributed by atoms with Crippen molar-refractivity contribution in [2.75, 3.05) is 0 Å². The molecule has 0 aliphatic carbocycles. The van der Waals surface area contributed by atoms with Gasteiger partial charge < -0.3 is 9.15 Å². The zero-order valence-electron chi connectivity index (χ0n) is 15.3. The van der Waals surface area contributed by atoms with E-state index in [0.717, 1.165) is 16.5 Å². The fraction of sp³-hybridized carbons (Fsp3) is 0.0435. The van der Waals surface area contributed by atoms with Gasteiger partial charge in [-0.15, -0.1) is 0 Å². The predicted octanol–water partition coefficient (Wildman–Crippen LogP) is 5.43. The minimum Gasteiger partial charge on any atom is -0.488 e. The van der Waals surface area contributed by atoms with Gasteiger partial charge in [0.15, 0.2) is 5.76 Å². The third-order valence-corrected chi connectivity index (χ3v) is 4.46. The predicted molar refractivity (Wildman–Crippen MR) is 114 cm³/mol. The molecular formula is C23H17ClN2O3. The third kappa shape index (κ3) is 4.65. The molecule has 1 aromatic heterocycles. The van der Waals surface area contributed by atoms with Gasteiger partial charge in [-0.1, -0.05) is 54.1 Å². The maximum Gasteiger partial charge on any atom is 0.307 e. The van der Waals surface area contributed by atoms with Crippen molar-refractivity contribution in [2.24, 2.45) is 5.10 Å². The number of furan rings is 1. The number of carbonyl (C=O) groups is 1. The Labute approximate surface area is 172 Å². The van der Waals surface area contributed by atoms with E-state index in [1.807, 2.05) is 54.6 Å². The van der Waals surface area contributed by atoms with Crippen molar-refractivity contribution >= 4 is 34.7 Å². The molecule has 29 heavy (non-hydrogen) atoms. The lowest BCUT2D eigenvalue weighted by Crippen LogP contribution is -2.16. The molecule has 144 valence electrons. The third-order valence-electron chi connectivity index (χ3n) is 4.23. The van der Waals surface area contributed by atoms with Crippen LogP contribution in [0.25, 0.3) is 11.0 Å². The van der Waals surface area contributed by atoms with Crippen molar-refractivity contribution in [1.29, 1.82) is 0 Å². The van der Waals surface area contributed by atoms with Crippen LogP contribution in [0, 0.1) is 0 Å². The molecule has 1 N–H and O–H groups in total. The van der Waals surface area contributed by atoms with Crippen molar-refractivity contribution in [3.8, 4) is 5.75 Å². The summed E-state index contributed by atoms with van der Waals surface area (Å²) >= 11 is 5.96. The summed E-state index contributed by atoms with van der Waals surface area (Å²) in [5.41, 5.74) is 4.88. The van der Waals surface area contributed by atoms with E-state index in [-0.39, 0.29) is 5.76 Å². The van der Waals surface area contributed by atoms with E-state index in [4.69, 9.17) is 20.8 Å². The summed E-state index contributed by atoms with van der Waals surface area (Å²) in [4.78, 5) is 12.3. The number of halogens is 1. The van der Waals surface area contributed by atoms with E-state index in [1.54, 1.807) is 24.3 Å². The normalized spacial score (nSPS) is 11.1. The van der Waals surface area contributed by atoms with Gasteiger partial charge in [0.05, 0.1) is 6.21 Å². The fourth-order valence-electron chi connectivity index (χ4n) is 2.80. The molecule has 0 aliphatic heterocycles. The Morgan fingerprint density at radius 3 is 2.69 bits per heavy atom. The van der Waals surface area contributed by atoms with Gasteiger partial charge in [-0.05, 0) is 42.0 Å². The highest BCUT2D eigenvalue weighted by molar-refractivity contribution is 6.31. The summed E-state index contributed by atoms with van der Waals surface area (Å²) in [6.45, 7) is 0.444. The van der Waals surface area contributed by atoms with E-state index in [2.05, 4.69) is 10.5 Å². The number of hydrazone groups is 1. The van der Waals surface area contributed by atoms with Crippen molar-refractivity contribution < 1.29 is 13.9 Å². The van der Waals surface area contributed by atoms with Gasteiger partial charge >= 0.3 is 5.91 Å². The molecule has 6 heteroatoms. The van der Waals surface area contributed by atoms with Crippen molar-refractivity contribution in [3.63, 3.8) is 0 Å². The van der Waals surface area contributed by atoms with E-state index >= 15 is 0 Å².